The van der Waals surface area contributed by atoms with Gasteiger partial charge in [0.15, 0.2) is 23.5 Å². The van der Waals surface area contributed by atoms with E-state index in [2.05, 4.69) is 16.0 Å². The summed E-state index contributed by atoms with van der Waals surface area (Å²) in [5.41, 5.74) is 3.43. The van der Waals surface area contributed by atoms with Crippen LogP contribution in [0.25, 0.3) is 0 Å². The molecule has 1 saturated heterocycles. The fourth-order valence-corrected chi connectivity index (χ4v) is 10.0. The number of allylic oxidation sites excluding steroid dienone is 4. The molecular formula is C39H51FN4O9. The predicted octanol–water partition coefficient (Wildman–Crippen LogP) is 4.38. The van der Waals surface area contributed by atoms with Crippen molar-refractivity contribution in [3.05, 3.63) is 53.6 Å². The molecule has 6 N–H and O–H groups in total. The van der Waals surface area contributed by atoms with Gasteiger partial charge < -0.3 is 41.0 Å². The number of ether oxygens (including phenoxy) is 3. The number of amides is 4. The lowest BCUT2D eigenvalue weighted by Gasteiger charge is -2.60. The van der Waals surface area contributed by atoms with Gasteiger partial charge in [-0.2, -0.15) is 0 Å². The normalized spacial score (nSPS) is 35.2. The number of primary amides is 1. The van der Waals surface area contributed by atoms with E-state index in [9.17, 15) is 29.1 Å². The highest BCUT2D eigenvalue weighted by molar-refractivity contribution is 6.01. The topological polar surface area (TPSA) is 195 Å². The predicted molar refractivity (Wildman–Crippen MR) is 191 cm³/mol. The first-order valence-electron chi connectivity index (χ1n) is 18.7. The Bertz CT molecular complexity index is 1670. The first-order valence-corrected chi connectivity index (χ1v) is 18.7. The number of ketones is 2. The third-order valence-electron chi connectivity index (χ3n) is 12.3. The van der Waals surface area contributed by atoms with Crippen LogP contribution in [0.4, 0.5) is 19.7 Å². The highest BCUT2D eigenvalue weighted by Crippen LogP contribution is 2.70. The molecule has 13 nitrogen and oxygen atoms in total. The van der Waals surface area contributed by atoms with Crippen LogP contribution in [-0.4, -0.2) is 78.1 Å². The first-order chi connectivity index (χ1) is 25.2. The summed E-state index contributed by atoms with van der Waals surface area (Å²) in [5.74, 6) is -1.71. The maximum atomic E-state index is 15.9. The Balaban J connectivity index is 1.08. The molecule has 1 heterocycles. The van der Waals surface area contributed by atoms with Crippen molar-refractivity contribution in [3.63, 3.8) is 0 Å². The average Bonchev–Trinajstić information content (AvgIpc) is 3.59. The summed E-state index contributed by atoms with van der Waals surface area (Å²) < 4.78 is 34.3. The Labute approximate surface area is 308 Å². The molecule has 2 unspecified atom stereocenters. The number of anilines is 1. The molecule has 5 aliphatic rings. The Morgan fingerprint density at radius 3 is 2.57 bits per heavy atom. The zero-order valence-electron chi connectivity index (χ0n) is 30.5. The summed E-state index contributed by atoms with van der Waals surface area (Å²) in [7, 11) is 0. The summed E-state index contributed by atoms with van der Waals surface area (Å²) in [6.45, 7) is 5.74. The number of fused-ring (bicyclic) bond motifs is 7. The number of alkyl carbamates (subject to hydrolysis) is 1. The lowest BCUT2D eigenvalue weighted by atomic mass is 9.46. The third-order valence-corrected chi connectivity index (χ3v) is 12.3. The zero-order valence-corrected chi connectivity index (χ0v) is 30.5. The highest BCUT2D eigenvalue weighted by Gasteiger charge is 2.76. The van der Waals surface area contributed by atoms with Gasteiger partial charge in [0.2, 0.25) is 5.91 Å². The van der Waals surface area contributed by atoms with Crippen molar-refractivity contribution in [3.8, 4) is 0 Å². The number of hydrogen-bond acceptors (Lipinski definition) is 9. The molecule has 0 bridgehead atoms. The summed E-state index contributed by atoms with van der Waals surface area (Å²) in [5, 5.41) is 19.7. The van der Waals surface area contributed by atoms with Crippen LogP contribution >= 0.6 is 0 Å². The zero-order chi connectivity index (χ0) is 38.1. The fourth-order valence-electron chi connectivity index (χ4n) is 10.0. The second-order valence-corrected chi connectivity index (χ2v) is 15.6. The number of urea groups is 1. The number of Topliss-reactive ketones (excluding diaryl/α,β-unsaturated/α-hetero) is 1. The average molecular weight is 739 g/mol. The first kappa shape index (κ1) is 38.6. The number of unbranched alkanes of at least 4 members (excludes halogenated alkanes) is 1. The molecule has 1 aliphatic heterocycles. The number of halogens is 1. The van der Waals surface area contributed by atoms with Gasteiger partial charge in [-0.15, -0.1) is 0 Å². The molecule has 14 heteroatoms. The Morgan fingerprint density at radius 1 is 1.09 bits per heavy atom. The smallest absolute Gasteiger partial charge is 0.407 e. The number of carbonyl (C=O) groups excluding carboxylic acids is 5. The Hall–Kier alpha value is -4.14. The standard InChI is InChI=1S/C39H51FN4O9/c1-4-7-33-52-31-18-26-25-17-28(40)27-16-24(45)13-14-37(27,2)34(25)29(46)19-38(26,3)39(31,53-33)30(47)20-43-36(50)51-21-22-9-11-23(12-10-22)44-32(48)8-5-6-15-42-35(41)49/h9-14,16,25-26,28-29,31,33-34,46H,4-8,15,17-21H2,1-3H3,(H,43,50)(H,44,48)(H3,41,42,49)/t25-,26-,28-,29-,31+,33?,34?,37-,38-,39+/m0/s1. The van der Waals surface area contributed by atoms with Crippen molar-refractivity contribution >= 4 is 35.3 Å². The van der Waals surface area contributed by atoms with Crippen molar-refractivity contribution in [1.29, 1.82) is 0 Å². The molecule has 1 aromatic rings. The fraction of sp³-hybridized carbons (Fsp3) is 0.615. The van der Waals surface area contributed by atoms with E-state index in [4.69, 9.17) is 19.9 Å². The van der Waals surface area contributed by atoms with E-state index >= 15 is 4.39 Å². The van der Waals surface area contributed by atoms with Crippen LogP contribution < -0.4 is 21.7 Å². The summed E-state index contributed by atoms with van der Waals surface area (Å²) in [6, 6.07) is 6.20. The molecule has 0 radical (unpaired) electrons. The van der Waals surface area contributed by atoms with E-state index in [1.54, 1.807) is 30.3 Å². The van der Waals surface area contributed by atoms with Crippen molar-refractivity contribution in [2.24, 2.45) is 34.3 Å². The molecule has 3 saturated carbocycles. The molecule has 4 aliphatic carbocycles. The van der Waals surface area contributed by atoms with Gasteiger partial charge in [-0.05, 0) is 85.8 Å². The minimum Gasteiger partial charge on any atom is -0.445 e. The summed E-state index contributed by atoms with van der Waals surface area (Å²) in [6.07, 6.45) is 3.77. The maximum absolute atomic E-state index is 15.9. The van der Waals surface area contributed by atoms with Gasteiger partial charge in [0.05, 0.1) is 18.8 Å². The summed E-state index contributed by atoms with van der Waals surface area (Å²) in [4.78, 5) is 62.4. The van der Waals surface area contributed by atoms with Gasteiger partial charge in [-0.25, -0.2) is 14.0 Å². The van der Waals surface area contributed by atoms with Crippen molar-refractivity contribution in [2.45, 2.75) is 109 Å². The number of carbonyl (C=O) groups is 5. The number of nitrogens with two attached hydrogens (primary N) is 1. The van der Waals surface area contributed by atoms with Crippen LogP contribution in [0.1, 0.15) is 77.7 Å². The van der Waals surface area contributed by atoms with Gasteiger partial charge in [-0.1, -0.05) is 45.4 Å². The molecule has 6 rings (SSSR count). The molecule has 4 fully saturated rings. The minimum atomic E-state index is -1.47. The molecule has 0 aromatic heterocycles. The second kappa shape index (κ2) is 15.3. The van der Waals surface area contributed by atoms with Gasteiger partial charge >= 0.3 is 12.1 Å². The number of aliphatic hydroxyl groups excluding tert-OH is 1. The molecule has 53 heavy (non-hydrogen) atoms. The van der Waals surface area contributed by atoms with Gasteiger partial charge in [0.25, 0.3) is 0 Å². The third kappa shape index (κ3) is 7.25. The molecule has 0 spiro atoms. The number of rotatable bonds is 13. The molecule has 1 aromatic carbocycles. The van der Waals surface area contributed by atoms with Crippen molar-refractivity contribution < 1.29 is 47.7 Å². The quantitative estimate of drug-likeness (QED) is 0.183. The maximum Gasteiger partial charge on any atom is 0.407 e. The lowest BCUT2D eigenvalue weighted by Crippen LogP contribution is -2.65. The van der Waals surface area contributed by atoms with E-state index in [0.717, 1.165) is 6.42 Å². The van der Waals surface area contributed by atoms with Crippen LogP contribution in [-0.2, 0) is 35.2 Å². The second-order valence-electron chi connectivity index (χ2n) is 15.6. The minimum absolute atomic E-state index is 0.0816. The van der Waals surface area contributed by atoms with Gasteiger partial charge in [0, 0.05) is 35.4 Å². The summed E-state index contributed by atoms with van der Waals surface area (Å²) >= 11 is 0. The molecular weight excluding hydrogens is 687 g/mol. The van der Waals surface area contributed by atoms with E-state index in [-0.39, 0.29) is 61.1 Å². The number of nitrogens with one attached hydrogen (secondary N) is 3. The molecule has 288 valence electrons. The van der Waals surface area contributed by atoms with Gasteiger partial charge in [0.1, 0.15) is 12.8 Å². The van der Waals surface area contributed by atoms with Crippen LogP contribution in [0.2, 0.25) is 0 Å². The number of hydrogen-bond donors (Lipinski definition) is 5. The van der Waals surface area contributed by atoms with Crippen LogP contribution in [0.15, 0.2) is 48.1 Å². The van der Waals surface area contributed by atoms with Crippen LogP contribution in [0, 0.1) is 28.6 Å². The SMILES string of the molecule is CCCC1O[C@@H]2C[C@H]3[C@@H]4C[C@H](F)C5=CC(=O)C=C[C@]5(C)C4[C@@H](O)C[C@]3(C)[C@]2(C(=O)CNC(=O)OCc2ccc(NC(=O)CCCCNC(N)=O)cc2)O1. The van der Waals surface area contributed by atoms with E-state index in [1.807, 2.05) is 20.8 Å². The van der Waals surface area contributed by atoms with E-state index in [1.165, 1.54) is 12.2 Å². The van der Waals surface area contributed by atoms with Crippen LogP contribution in [0.3, 0.4) is 0 Å². The largest absolute Gasteiger partial charge is 0.445 e. The van der Waals surface area contributed by atoms with E-state index in [0.29, 0.717) is 49.1 Å². The molecule has 10 atom stereocenters. The monoisotopic (exact) mass is 738 g/mol. The van der Waals surface area contributed by atoms with Crippen molar-refractivity contribution in [1.82, 2.24) is 10.6 Å². The lowest BCUT2D eigenvalue weighted by molar-refractivity contribution is -0.200. The van der Waals surface area contributed by atoms with Gasteiger partial charge in [-0.3, -0.25) is 14.4 Å². The number of aliphatic hydroxyl groups is 1. The number of alkyl halides is 1. The van der Waals surface area contributed by atoms with E-state index < -0.39 is 59.8 Å². The number of benzene rings is 1. The highest BCUT2D eigenvalue weighted by atomic mass is 19.1. The Kier molecular flexibility index (Phi) is 11.1. The van der Waals surface area contributed by atoms with Crippen LogP contribution in [0.5, 0.6) is 0 Å². The molecule has 4 amide bonds. The Morgan fingerprint density at radius 2 is 1.85 bits per heavy atom. The van der Waals surface area contributed by atoms with Crippen molar-refractivity contribution in [2.75, 3.05) is 18.4 Å².